The average molecular weight is 356 g/mol. The molecule has 3 rings (SSSR count). The summed E-state index contributed by atoms with van der Waals surface area (Å²) in [5.74, 6) is -0.675. The summed E-state index contributed by atoms with van der Waals surface area (Å²) >= 11 is 12.0. The number of nitrogens with one attached hydrogen (secondary N) is 1. The zero-order chi connectivity index (χ0) is 16.4. The molecule has 1 aromatic heterocycles. The van der Waals surface area contributed by atoms with Crippen molar-refractivity contribution in [3.8, 4) is 5.88 Å². The van der Waals surface area contributed by atoms with Crippen molar-refractivity contribution in [3.05, 3.63) is 39.5 Å². The van der Waals surface area contributed by atoms with Crippen LogP contribution < -0.4 is 4.74 Å². The second-order valence-electron chi connectivity index (χ2n) is 5.56. The average Bonchev–Trinajstić information content (AvgIpc) is 2.99. The van der Waals surface area contributed by atoms with Crippen LogP contribution in [-0.4, -0.2) is 32.6 Å². The van der Waals surface area contributed by atoms with E-state index in [4.69, 9.17) is 33.0 Å². The lowest BCUT2D eigenvalue weighted by Gasteiger charge is -2.28. The van der Waals surface area contributed by atoms with Crippen molar-refractivity contribution in [3.63, 3.8) is 0 Å². The minimum Gasteiger partial charge on any atom is -0.476 e. The largest absolute Gasteiger partial charge is 0.476 e. The highest BCUT2D eigenvalue weighted by molar-refractivity contribution is 6.42. The predicted molar refractivity (Wildman–Crippen MR) is 85.4 cm³/mol. The second kappa shape index (κ2) is 6.76. The number of carboxylic acids is 1. The summed E-state index contributed by atoms with van der Waals surface area (Å²) in [5, 5.41) is 19.6. The smallest absolute Gasteiger partial charge is 0.359 e. The first-order valence-corrected chi connectivity index (χ1v) is 8.06. The summed E-state index contributed by atoms with van der Waals surface area (Å²) in [5.41, 5.74) is 1.06. The predicted octanol–water partition coefficient (Wildman–Crippen LogP) is 3.91. The normalized spacial score (nSPS) is 21.1. The van der Waals surface area contributed by atoms with Crippen LogP contribution in [0.25, 0.3) is 0 Å². The van der Waals surface area contributed by atoms with Gasteiger partial charge in [-0.2, -0.15) is 0 Å². The summed E-state index contributed by atoms with van der Waals surface area (Å²) in [6.45, 7) is 0. The molecule has 1 fully saturated rings. The van der Waals surface area contributed by atoms with Gasteiger partial charge in [-0.05, 0) is 49.3 Å². The van der Waals surface area contributed by atoms with Crippen LogP contribution in [0.15, 0.2) is 18.2 Å². The Morgan fingerprint density at radius 3 is 2.61 bits per heavy atom. The van der Waals surface area contributed by atoms with E-state index in [0.717, 1.165) is 25.7 Å². The van der Waals surface area contributed by atoms with Gasteiger partial charge < -0.3 is 9.84 Å². The number of carbonyl (C=O) groups is 1. The third-order valence-electron chi connectivity index (χ3n) is 4.10. The van der Waals surface area contributed by atoms with E-state index in [0.29, 0.717) is 16.0 Å². The third kappa shape index (κ3) is 3.59. The highest BCUT2D eigenvalue weighted by Gasteiger charge is 2.26. The molecule has 0 atom stereocenters. The van der Waals surface area contributed by atoms with E-state index < -0.39 is 5.97 Å². The molecule has 1 heterocycles. The highest BCUT2D eigenvalue weighted by atomic mass is 35.5. The van der Waals surface area contributed by atoms with Crippen molar-refractivity contribution in [1.82, 2.24) is 15.4 Å². The van der Waals surface area contributed by atoms with Crippen LogP contribution in [0, 0.1) is 0 Å². The minimum atomic E-state index is -1.13. The van der Waals surface area contributed by atoms with Crippen LogP contribution in [0.5, 0.6) is 5.88 Å². The summed E-state index contributed by atoms with van der Waals surface area (Å²) in [4.78, 5) is 11.0. The molecule has 6 nitrogen and oxygen atoms in total. The van der Waals surface area contributed by atoms with E-state index in [1.807, 2.05) is 18.2 Å². The van der Waals surface area contributed by atoms with Crippen molar-refractivity contribution < 1.29 is 14.6 Å². The fraction of sp³-hybridized carbons (Fsp3) is 0.400. The van der Waals surface area contributed by atoms with Crippen LogP contribution in [0.3, 0.4) is 0 Å². The van der Waals surface area contributed by atoms with E-state index in [1.165, 1.54) is 5.56 Å². The molecule has 0 radical (unpaired) electrons. The number of hydrogen-bond acceptors (Lipinski definition) is 4. The minimum absolute atomic E-state index is 0.0514. The summed E-state index contributed by atoms with van der Waals surface area (Å²) in [7, 11) is 0. The van der Waals surface area contributed by atoms with Gasteiger partial charge >= 0.3 is 5.97 Å². The summed E-state index contributed by atoms with van der Waals surface area (Å²) in [6, 6.07) is 5.73. The number of hydrogen-bond donors (Lipinski definition) is 2. The number of nitrogens with zero attached hydrogens (tertiary/aromatic N) is 2. The maximum absolute atomic E-state index is 11.0. The standard InChI is InChI=1S/C15H15Cl2N3O3/c16-11-6-3-9(7-12(11)17)8-1-4-10(5-2-8)23-14-13(15(21)22)18-20-19-14/h3,6-8,10H,1-2,4-5H2,(H,21,22)(H,18,19,20). The van der Waals surface area contributed by atoms with Crippen molar-refractivity contribution in [1.29, 1.82) is 0 Å². The molecule has 1 aliphatic carbocycles. The Bertz CT molecular complexity index is 712. The van der Waals surface area contributed by atoms with E-state index in [1.54, 1.807) is 0 Å². The monoisotopic (exact) mass is 355 g/mol. The van der Waals surface area contributed by atoms with Crippen LogP contribution in [0.4, 0.5) is 0 Å². The lowest BCUT2D eigenvalue weighted by Crippen LogP contribution is -2.24. The highest BCUT2D eigenvalue weighted by Crippen LogP contribution is 2.36. The van der Waals surface area contributed by atoms with Gasteiger partial charge in [-0.15, -0.1) is 0 Å². The van der Waals surface area contributed by atoms with Gasteiger partial charge in [0.25, 0.3) is 5.88 Å². The Kier molecular flexibility index (Phi) is 4.73. The van der Waals surface area contributed by atoms with E-state index >= 15 is 0 Å². The molecular weight excluding hydrogens is 341 g/mol. The maximum atomic E-state index is 11.0. The first kappa shape index (κ1) is 16.1. The topological polar surface area (TPSA) is 88.1 Å². The molecule has 2 aromatic rings. The van der Waals surface area contributed by atoms with E-state index in [9.17, 15) is 4.79 Å². The number of aromatic nitrogens is 3. The Morgan fingerprint density at radius 2 is 1.96 bits per heavy atom. The molecule has 0 amide bonds. The molecule has 1 saturated carbocycles. The molecule has 0 unspecified atom stereocenters. The zero-order valence-electron chi connectivity index (χ0n) is 12.1. The Balaban J connectivity index is 1.61. The number of ether oxygens (including phenoxy) is 1. The first-order chi connectivity index (χ1) is 11.0. The van der Waals surface area contributed by atoms with Crippen LogP contribution in [-0.2, 0) is 0 Å². The van der Waals surface area contributed by atoms with Crippen LogP contribution >= 0.6 is 23.2 Å². The fourth-order valence-corrected chi connectivity index (χ4v) is 3.18. The molecule has 8 heteroatoms. The maximum Gasteiger partial charge on any atom is 0.359 e. The second-order valence-corrected chi connectivity index (χ2v) is 6.38. The molecule has 1 aromatic carbocycles. The van der Waals surface area contributed by atoms with Crippen molar-refractivity contribution in [2.24, 2.45) is 0 Å². The Morgan fingerprint density at radius 1 is 1.22 bits per heavy atom. The lowest BCUT2D eigenvalue weighted by molar-refractivity contribution is 0.0678. The van der Waals surface area contributed by atoms with Gasteiger partial charge in [0.2, 0.25) is 5.69 Å². The lowest BCUT2D eigenvalue weighted by atomic mass is 9.83. The van der Waals surface area contributed by atoms with Gasteiger partial charge in [0.05, 0.1) is 10.0 Å². The Labute approximate surface area is 142 Å². The van der Waals surface area contributed by atoms with Crippen LogP contribution in [0.2, 0.25) is 10.0 Å². The summed E-state index contributed by atoms with van der Waals surface area (Å²) < 4.78 is 5.68. The molecule has 0 aliphatic heterocycles. The molecule has 122 valence electrons. The molecule has 2 N–H and O–H groups in total. The third-order valence-corrected chi connectivity index (χ3v) is 4.84. The van der Waals surface area contributed by atoms with Gasteiger partial charge in [-0.3, -0.25) is 0 Å². The van der Waals surface area contributed by atoms with E-state index in [-0.39, 0.29) is 17.7 Å². The number of halogens is 2. The molecular formula is C15H15Cl2N3O3. The zero-order valence-corrected chi connectivity index (χ0v) is 13.6. The number of carboxylic acid groups (broad SMARTS) is 1. The number of aromatic carboxylic acids is 1. The van der Waals surface area contributed by atoms with Crippen molar-refractivity contribution in [2.45, 2.75) is 37.7 Å². The summed E-state index contributed by atoms with van der Waals surface area (Å²) in [6.07, 6.45) is 3.44. The number of H-pyrrole nitrogens is 1. The van der Waals surface area contributed by atoms with Gasteiger partial charge in [0.15, 0.2) is 0 Å². The molecule has 1 aliphatic rings. The molecule has 0 spiro atoms. The fourth-order valence-electron chi connectivity index (χ4n) is 2.88. The SMILES string of the molecule is O=C(O)c1[nH]nnc1OC1CCC(c2ccc(Cl)c(Cl)c2)CC1. The molecule has 23 heavy (non-hydrogen) atoms. The first-order valence-electron chi connectivity index (χ1n) is 7.30. The quantitative estimate of drug-likeness (QED) is 0.867. The van der Waals surface area contributed by atoms with E-state index in [2.05, 4.69) is 15.4 Å². The van der Waals surface area contributed by atoms with Crippen molar-refractivity contribution in [2.75, 3.05) is 0 Å². The van der Waals surface area contributed by atoms with Gasteiger partial charge in [0, 0.05) is 0 Å². The van der Waals surface area contributed by atoms with Gasteiger partial charge in [-0.25, -0.2) is 9.89 Å². The number of rotatable bonds is 4. The number of aromatic amines is 1. The van der Waals surface area contributed by atoms with Gasteiger partial charge in [-0.1, -0.05) is 39.6 Å². The van der Waals surface area contributed by atoms with Crippen molar-refractivity contribution >= 4 is 29.2 Å². The van der Waals surface area contributed by atoms with Gasteiger partial charge in [0.1, 0.15) is 6.10 Å². The molecule has 0 saturated heterocycles. The Hall–Kier alpha value is -1.79. The molecule has 0 bridgehead atoms. The van der Waals surface area contributed by atoms with Crippen LogP contribution in [0.1, 0.15) is 47.7 Å². The number of benzene rings is 1.